The molecule has 2 rings (SSSR count). The van der Waals surface area contributed by atoms with E-state index in [-0.39, 0.29) is 5.56 Å². The van der Waals surface area contributed by atoms with Crippen LogP contribution >= 0.6 is 0 Å². The van der Waals surface area contributed by atoms with Crippen molar-refractivity contribution in [1.82, 2.24) is 0 Å². The van der Waals surface area contributed by atoms with Crippen molar-refractivity contribution in [2.45, 2.75) is 18.2 Å². The van der Waals surface area contributed by atoms with Crippen LogP contribution in [0.3, 0.4) is 0 Å². The van der Waals surface area contributed by atoms with Gasteiger partial charge in [-0.15, -0.1) is 0 Å². The minimum Gasteiger partial charge on any atom is -0.452 e. The van der Waals surface area contributed by atoms with Crippen LogP contribution in [0, 0.1) is 11.3 Å². The summed E-state index contributed by atoms with van der Waals surface area (Å²) in [4.78, 5) is 24.5. The minimum atomic E-state index is -1.30. The second-order valence-electron chi connectivity index (χ2n) is 5.29. The number of hydrogen-bond donors (Lipinski definition) is 1. The molecule has 1 N–H and O–H groups in total. The summed E-state index contributed by atoms with van der Waals surface area (Å²) in [5.74, 6) is -0.797. The fourth-order valence-corrected chi connectivity index (χ4v) is 3.13. The van der Waals surface area contributed by atoms with E-state index in [0.717, 1.165) is 5.56 Å². The van der Waals surface area contributed by atoms with Crippen LogP contribution in [0.2, 0.25) is 0 Å². The van der Waals surface area contributed by atoms with Crippen LogP contribution in [0.5, 0.6) is 0 Å². The molecule has 0 bridgehead atoms. The van der Waals surface area contributed by atoms with Gasteiger partial charge < -0.3 is 10.1 Å². The van der Waals surface area contributed by atoms with Gasteiger partial charge in [-0.1, -0.05) is 31.2 Å². The molecule has 0 aliphatic carbocycles. The molecule has 0 fully saturated rings. The zero-order valence-electron chi connectivity index (χ0n) is 14.2. The topological polar surface area (TPSA) is 96.3 Å². The quantitative estimate of drug-likeness (QED) is 0.756. The lowest BCUT2D eigenvalue weighted by atomic mass is 10.1. The average molecular weight is 370 g/mol. The number of benzene rings is 2. The molecule has 7 heteroatoms. The molecule has 0 aliphatic rings. The van der Waals surface area contributed by atoms with E-state index < -0.39 is 29.3 Å². The fourth-order valence-electron chi connectivity index (χ4n) is 2.19. The number of nitrogens with zero attached hydrogens (tertiary/aromatic N) is 1. The summed E-state index contributed by atoms with van der Waals surface area (Å²) in [6, 6.07) is 15.3. The molecule has 0 unspecified atom stereocenters. The Hall–Kier alpha value is -2.98. The predicted molar refractivity (Wildman–Crippen MR) is 98.1 cm³/mol. The van der Waals surface area contributed by atoms with Gasteiger partial charge in [0.05, 0.1) is 33.7 Å². The zero-order chi connectivity index (χ0) is 18.9. The first kappa shape index (κ1) is 19.3. The maximum absolute atomic E-state index is 12.2. The van der Waals surface area contributed by atoms with Crippen molar-refractivity contribution >= 4 is 28.4 Å². The third kappa shape index (κ3) is 5.26. The molecule has 2 aromatic carbocycles. The van der Waals surface area contributed by atoms with E-state index in [9.17, 15) is 13.8 Å². The van der Waals surface area contributed by atoms with Crippen LogP contribution in [-0.2, 0) is 26.8 Å². The standard InChI is InChI=1S/C19H18N2O4S/c1-2-26(24)17-6-4-3-5-16(17)19(23)25-13-18(22)21-15-9-7-14(8-10-15)11-12-20/h3-10H,2,11,13H2,1H3,(H,21,22)/t26-/m1/s1. The van der Waals surface area contributed by atoms with E-state index in [1.54, 1.807) is 49.4 Å². The molecule has 1 amide bonds. The molecule has 26 heavy (non-hydrogen) atoms. The van der Waals surface area contributed by atoms with Gasteiger partial charge in [0.25, 0.3) is 5.91 Å². The van der Waals surface area contributed by atoms with Crippen LogP contribution in [0.25, 0.3) is 0 Å². The van der Waals surface area contributed by atoms with Crippen LogP contribution in [0.4, 0.5) is 5.69 Å². The molecule has 6 nitrogen and oxygen atoms in total. The number of rotatable bonds is 7. The lowest BCUT2D eigenvalue weighted by molar-refractivity contribution is -0.119. The number of carbonyl (C=O) groups excluding carboxylic acids is 2. The Morgan fingerprint density at radius 2 is 1.85 bits per heavy atom. The number of ether oxygens (including phenoxy) is 1. The minimum absolute atomic E-state index is 0.196. The van der Waals surface area contributed by atoms with E-state index >= 15 is 0 Å². The van der Waals surface area contributed by atoms with Gasteiger partial charge >= 0.3 is 5.97 Å². The Morgan fingerprint density at radius 1 is 1.15 bits per heavy atom. The SMILES string of the molecule is CC[S@@](=O)c1ccccc1C(=O)OCC(=O)Nc1ccc(CC#N)cc1. The summed E-state index contributed by atoms with van der Waals surface area (Å²) in [6.07, 6.45) is 0.296. The number of esters is 1. The summed E-state index contributed by atoms with van der Waals surface area (Å²) in [7, 11) is -1.30. The largest absolute Gasteiger partial charge is 0.452 e. The lowest BCUT2D eigenvalue weighted by Crippen LogP contribution is -2.21. The van der Waals surface area contributed by atoms with Crippen molar-refractivity contribution < 1.29 is 18.5 Å². The van der Waals surface area contributed by atoms with Gasteiger partial charge in [0.2, 0.25) is 0 Å². The van der Waals surface area contributed by atoms with E-state index in [1.165, 1.54) is 6.07 Å². The lowest BCUT2D eigenvalue weighted by Gasteiger charge is -2.09. The maximum atomic E-state index is 12.2. The molecule has 0 heterocycles. The Labute approximate surface area is 154 Å². The van der Waals surface area contributed by atoms with Gasteiger partial charge in [0.1, 0.15) is 0 Å². The fraction of sp³-hybridized carbons (Fsp3) is 0.211. The molecular weight excluding hydrogens is 352 g/mol. The van der Waals surface area contributed by atoms with E-state index in [1.807, 2.05) is 6.07 Å². The molecular formula is C19H18N2O4S. The third-order valence-electron chi connectivity index (χ3n) is 3.47. The van der Waals surface area contributed by atoms with Crippen molar-refractivity contribution in [2.24, 2.45) is 0 Å². The monoisotopic (exact) mass is 370 g/mol. The van der Waals surface area contributed by atoms with Crippen LogP contribution in [0.1, 0.15) is 22.8 Å². The van der Waals surface area contributed by atoms with E-state index in [4.69, 9.17) is 10.00 Å². The van der Waals surface area contributed by atoms with Gasteiger partial charge in [-0.25, -0.2) is 4.79 Å². The van der Waals surface area contributed by atoms with Crippen molar-refractivity contribution in [3.8, 4) is 6.07 Å². The van der Waals surface area contributed by atoms with E-state index in [0.29, 0.717) is 22.8 Å². The highest BCUT2D eigenvalue weighted by Gasteiger charge is 2.17. The van der Waals surface area contributed by atoms with Gasteiger partial charge in [-0.3, -0.25) is 9.00 Å². The first-order chi connectivity index (χ1) is 12.5. The highest BCUT2D eigenvalue weighted by molar-refractivity contribution is 7.85. The van der Waals surface area contributed by atoms with Crippen molar-refractivity contribution in [1.29, 1.82) is 5.26 Å². The third-order valence-corrected chi connectivity index (χ3v) is 4.84. The highest BCUT2D eigenvalue weighted by atomic mass is 32.2. The molecule has 0 radical (unpaired) electrons. The maximum Gasteiger partial charge on any atom is 0.339 e. The summed E-state index contributed by atoms with van der Waals surface area (Å²) < 4.78 is 17.0. The van der Waals surface area contributed by atoms with Crippen molar-refractivity contribution in [3.05, 3.63) is 59.7 Å². The van der Waals surface area contributed by atoms with Gasteiger partial charge in [0.15, 0.2) is 6.61 Å². The molecule has 0 spiro atoms. The molecule has 134 valence electrons. The van der Waals surface area contributed by atoms with Gasteiger partial charge in [-0.05, 0) is 29.8 Å². The number of nitrogens with one attached hydrogen (secondary N) is 1. The zero-order valence-corrected chi connectivity index (χ0v) is 15.0. The summed E-state index contributed by atoms with van der Waals surface area (Å²) in [6.45, 7) is 1.30. The predicted octanol–water partition coefficient (Wildman–Crippen LogP) is 2.68. The number of hydrogen-bond acceptors (Lipinski definition) is 5. The second kappa shape index (κ2) is 9.49. The van der Waals surface area contributed by atoms with Gasteiger partial charge in [0, 0.05) is 11.4 Å². The molecule has 0 aliphatic heterocycles. The molecule has 0 saturated carbocycles. The molecule has 1 atom stereocenters. The highest BCUT2D eigenvalue weighted by Crippen LogP contribution is 2.15. The summed E-state index contributed by atoms with van der Waals surface area (Å²) >= 11 is 0. The molecule has 2 aromatic rings. The Bertz CT molecular complexity index is 857. The molecule has 0 saturated heterocycles. The Balaban J connectivity index is 1.94. The van der Waals surface area contributed by atoms with E-state index in [2.05, 4.69) is 5.32 Å². The van der Waals surface area contributed by atoms with Crippen molar-refractivity contribution in [2.75, 3.05) is 17.7 Å². The summed E-state index contributed by atoms with van der Waals surface area (Å²) in [5, 5.41) is 11.2. The number of anilines is 1. The average Bonchev–Trinajstić information content (AvgIpc) is 2.67. The second-order valence-corrected chi connectivity index (χ2v) is 6.99. The smallest absolute Gasteiger partial charge is 0.339 e. The first-order valence-corrected chi connectivity index (χ1v) is 9.27. The van der Waals surface area contributed by atoms with Crippen molar-refractivity contribution in [3.63, 3.8) is 0 Å². The Morgan fingerprint density at radius 3 is 2.50 bits per heavy atom. The van der Waals surface area contributed by atoms with Crippen LogP contribution in [-0.4, -0.2) is 28.4 Å². The first-order valence-electron chi connectivity index (χ1n) is 7.95. The molecule has 0 aromatic heterocycles. The number of nitriles is 1. The summed E-state index contributed by atoms with van der Waals surface area (Å²) in [5.41, 5.74) is 1.58. The number of carbonyl (C=O) groups is 2. The number of amides is 1. The normalized spacial score (nSPS) is 11.2. The van der Waals surface area contributed by atoms with Crippen LogP contribution in [0.15, 0.2) is 53.4 Å². The van der Waals surface area contributed by atoms with Crippen LogP contribution < -0.4 is 5.32 Å². The Kier molecular flexibility index (Phi) is 7.06. The van der Waals surface area contributed by atoms with Gasteiger partial charge in [-0.2, -0.15) is 5.26 Å².